The average Bonchev–Trinajstić information content (AvgIpc) is 3.16. The van der Waals surface area contributed by atoms with Crippen molar-refractivity contribution in [3.63, 3.8) is 0 Å². The first kappa shape index (κ1) is 14.1. The van der Waals surface area contributed by atoms with Crippen molar-refractivity contribution >= 4 is 5.91 Å². The molecule has 1 aromatic carbocycles. The molecule has 2 aromatic heterocycles. The smallest absolute Gasteiger partial charge is 0.274 e. The molecular formula is C17H17N3O2. The highest BCUT2D eigenvalue weighted by atomic mass is 16.3. The van der Waals surface area contributed by atoms with Gasteiger partial charge in [-0.25, -0.2) is 0 Å². The Kier molecular flexibility index (Phi) is 3.78. The number of amides is 1. The summed E-state index contributed by atoms with van der Waals surface area (Å²) in [5.41, 5.74) is 2.27. The Morgan fingerprint density at radius 1 is 1.23 bits per heavy atom. The SMILES string of the molecule is CN(Cc1ccccc1)C(=O)c1cc(-c2ccco2)n(C)n1. The third-order valence-electron chi connectivity index (χ3n) is 3.48. The van der Waals surface area contributed by atoms with Crippen LogP contribution in [0.25, 0.3) is 11.5 Å². The Morgan fingerprint density at radius 3 is 2.68 bits per heavy atom. The Bertz CT molecular complexity index is 761. The van der Waals surface area contributed by atoms with Gasteiger partial charge in [-0.15, -0.1) is 0 Å². The third kappa shape index (κ3) is 2.79. The van der Waals surface area contributed by atoms with Crippen LogP contribution in [0.1, 0.15) is 16.1 Å². The van der Waals surface area contributed by atoms with E-state index in [1.165, 1.54) is 0 Å². The van der Waals surface area contributed by atoms with E-state index in [0.717, 1.165) is 11.3 Å². The van der Waals surface area contributed by atoms with Crippen LogP contribution < -0.4 is 0 Å². The molecule has 0 N–H and O–H groups in total. The van der Waals surface area contributed by atoms with Gasteiger partial charge in [0.05, 0.1) is 6.26 Å². The van der Waals surface area contributed by atoms with Crippen LogP contribution in [0.4, 0.5) is 0 Å². The second kappa shape index (κ2) is 5.89. The third-order valence-corrected chi connectivity index (χ3v) is 3.48. The van der Waals surface area contributed by atoms with Crippen molar-refractivity contribution in [3.05, 3.63) is 66.1 Å². The molecule has 112 valence electrons. The first-order valence-electron chi connectivity index (χ1n) is 7.02. The molecule has 5 nitrogen and oxygen atoms in total. The van der Waals surface area contributed by atoms with Crippen LogP contribution in [0.5, 0.6) is 0 Å². The number of aromatic nitrogens is 2. The highest BCUT2D eigenvalue weighted by molar-refractivity contribution is 5.93. The Morgan fingerprint density at radius 2 is 2.00 bits per heavy atom. The summed E-state index contributed by atoms with van der Waals surface area (Å²) < 4.78 is 7.02. The molecule has 0 unspecified atom stereocenters. The number of carbonyl (C=O) groups is 1. The van der Waals surface area contributed by atoms with E-state index in [2.05, 4.69) is 5.10 Å². The number of furan rings is 1. The molecule has 3 aromatic rings. The molecule has 0 fully saturated rings. The molecular weight excluding hydrogens is 278 g/mol. The van der Waals surface area contributed by atoms with Gasteiger partial charge in [0.2, 0.25) is 0 Å². The average molecular weight is 295 g/mol. The summed E-state index contributed by atoms with van der Waals surface area (Å²) in [5, 5.41) is 4.29. The molecule has 0 spiro atoms. The lowest BCUT2D eigenvalue weighted by Crippen LogP contribution is -2.26. The topological polar surface area (TPSA) is 51.3 Å². The molecule has 0 radical (unpaired) electrons. The van der Waals surface area contributed by atoms with Gasteiger partial charge >= 0.3 is 0 Å². The highest BCUT2D eigenvalue weighted by Crippen LogP contribution is 2.21. The molecule has 0 saturated heterocycles. The van der Waals surface area contributed by atoms with E-state index >= 15 is 0 Å². The quantitative estimate of drug-likeness (QED) is 0.743. The van der Waals surface area contributed by atoms with Crippen LogP contribution in [0.2, 0.25) is 0 Å². The number of aryl methyl sites for hydroxylation is 1. The number of hydrogen-bond acceptors (Lipinski definition) is 3. The van der Waals surface area contributed by atoms with E-state index in [-0.39, 0.29) is 5.91 Å². The molecule has 0 atom stereocenters. The van der Waals surface area contributed by atoms with E-state index in [0.29, 0.717) is 18.0 Å². The second-order valence-electron chi connectivity index (χ2n) is 5.16. The van der Waals surface area contributed by atoms with Crippen LogP contribution in [0, 0.1) is 0 Å². The number of carbonyl (C=O) groups excluding carboxylic acids is 1. The number of rotatable bonds is 4. The minimum absolute atomic E-state index is 0.114. The highest BCUT2D eigenvalue weighted by Gasteiger charge is 2.18. The molecule has 0 aliphatic heterocycles. The van der Waals surface area contributed by atoms with Crippen LogP contribution >= 0.6 is 0 Å². The van der Waals surface area contributed by atoms with Gasteiger partial charge in [-0.1, -0.05) is 30.3 Å². The van der Waals surface area contributed by atoms with E-state index < -0.39 is 0 Å². The van der Waals surface area contributed by atoms with Gasteiger partial charge in [0.15, 0.2) is 11.5 Å². The van der Waals surface area contributed by atoms with Gasteiger partial charge in [0, 0.05) is 26.7 Å². The molecule has 0 saturated carbocycles. The summed E-state index contributed by atoms with van der Waals surface area (Å²) in [6.45, 7) is 0.548. The lowest BCUT2D eigenvalue weighted by Gasteiger charge is -2.15. The van der Waals surface area contributed by atoms with Crippen LogP contribution in [-0.2, 0) is 13.6 Å². The van der Waals surface area contributed by atoms with E-state index in [1.54, 1.807) is 36.0 Å². The minimum Gasteiger partial charge on any atom is -0.463 e. The zero-order chi connectivity index (χ0) is 15.5. The van der Waals surface area contributed by atoms with Crippen LogP contribution in [0.3, 0.4) is 0 Å². The van der Waals surface area contributed by atoms with Crippen molar-refractivity contribution in [2.75, 3.05) is 7.05 Å². The van der Waals surface area contributed by atoms with Crippen LogP contribution in [-0.4, -0.2) is 27.6 Å². The fourth-order valence-electron chi connectivity index (χ4n) is 2.35. The molecule has 1 amide bonds. The Labute approximate surface area is 128 Å². The van der Waals surface area contributed by atoms with Crippen molar-refractivity contribution in [3.8, 4) is 11.5 Å². The normalized spacial score (nSPS) is 10.6. The van der Waals surface area contributed by atoms with E-state index in [4.69, 9.17) is 4.42 Å². The summed E-state index contributed by atoms with van der Waals surface area (Å²) in [6.07, 6.45) is 1.60. The molecule has 0 bridgehead atoms. The lowest BCUT2D eigenvalue weighted by atomic mass is 10.2. The first-order chi connectivity index (χ1) is 10.6. The van der Waals surface area contributed by atoms with Crippen molar-refractivity contribution < 1.29 is 9.21 Å². The Balaban J connectivity index is 1.79. The minimum atomic E-state index is -0.114. The van der Waals surface area contributed by atoms with Gasteiger partial charge in [0.25, 0.3) is 5.91 Å². The fourth-order valence-corrected chi connectivity index (χ4v) is 2.35. The number of hydrogen-bond donors (Lipinski definition) is 0. The standard InChI is InChI=1S/C17H17N3O2/c1-19(12-13-7-4-3-5-8-13)17(21)14-11-15(20(2)18-14)16-9-6-10-22-16/h3-11H,12H2,1-2H3. The zero-order valence-electron chi connectivity index (χ0n) is 12.6. The van der Waals surface area contributed by atoms with Gasteiger partial charge in [-0.3, -0.25) is 9.48 Å². The summed E-state index contributed by atoms with van der Waals surface area (Å²) >= 11 is 0. The van der Waals surface area contributed by atoms with Gasteiger partial charge in [-0.05, 0) is 17.7 Å². The molecule has 2 heterocycles. The lowest BCUT2D eigenvalue weighted by molar-refractivity contribution is 0.0778. The molecule has 22 heavy (non-hydrogen) atoms. The van der Waals surface area contributed by atoms with E-state index in [1.807, 2.05) is 42.5 Å². The largest absolute Gasteiger partial charge is 0.463 e. The predicted molar refractivity (Wildman–Crippen MR) is 83.1 cm³/mol. The van der Waals surface area contributed by atoms with Crippen molar-refractivity contribution in [1.29, 1.82) is 0 Å². The molecule has 5 heteroatoms. The first-order valence-corrected chi connectivity index (χ1v) is 7.02. The fraction of sp³-hybridized carbons (Fsp3) is 0.176. The zero-order valence-corrected chi connectivity index (χ0v) is 12.6. The molecule has 3 rings (SSSR count). The van der Waals surface area contributed by atoms with Crippen LogP contribution in [0.15, 0.2) is 59.2 Å². The second-order valence-corrected chi connectivity index (χ2v) is 5.16. The molecule has 0 aliphatic carbocycles. The molecule has 0 aliphatic rings. The number of benzene rings is 1. The van der Waals surface area contributed by atoms with Gasteiger partial charge in [0.1, 0.15) is 5.69 Å². The monoisotopic (exact) mass is 295 g/mol. The summed E-state index contributed by atoms with van der Waals surface area (Å²) in [5.74, 6) is 0.581. The van der Waals surface area contributed by atoms with Crippen molar-refractivity contribution in [1.82, 2.24) is 14.7 Å². The maximum atomic E-state index is 12.5. The maximum absolute atomic E-state index is 12.5. The summed E-state index contributed by atoms with van der Waals surface area (Å²) in [7, 11) is 3.57. The van der Waals surface area contributed by atoms with Gasteiger partial charge < -0.3 is 9.32 Å². The van der Waals surface area contributed by atoms with Gasteiger partial charge in [-0.2, -0.15) is 5.10 Å². The Hall–Kier alpha value is -2.82. The summed E-state index contributed by atoms with van der Waals surface area (Å²) in [4.78, 5) is 14.2. The predicted octanol–water partition coefficient (Wildman–Crippen LogP) is 2.95. The number of nitrogens with zero attached hydrogens (tertiary/aromatic N) is 3. The van der Waals surface area contributed by atoms with Crippen molar-refractivity contribution in [2.24, 2.45) is 7.05 Å². The maximum Gasteiger partial charge on any atom is 0.274 e. The van der Waals surface area contributed by atoms with Crippen molar-refractivity contribution in [2.45, 2.75) is 6.54 Å². The summed E-state index contributed by atoms with van der Waals surface area (Å²) in [6, 6.07) is 15.3. The van der Waals surface area contributed by atoms with E-state index in [9.17, 15) is 4.79 Å².